The fourth-order valence-corrected chi connectivity index (χ4v) is 2.59. The van der Waals surface area contributed by atoms with Crippen LogP contribution in [0.15, 0.2) is 24.3 Å². The molecular weight excluding hydrogens is 231 g/mol. The Morgan fingerprint density at radius 2 is 2.11 bits per heavy atom. The Labute approximate surface area is 107 Å². The maximum atomic E-state index is 12.8. The summed E-state index contributed by atoms with van der Waals surface area (Å²) in [5.41, 5.74) is 5.99. The van der Waals surface area contributed by atoms with Gasteiger partial charge in [0.05, 0.1) is 5.54 Å². The highest BCUT2D eigenvalue weighted by molar-refractivity contribution is 5.98. The molecule has 3 N–H and O–H groups in total. The average molecular weight is 250 g/mol. The van der Waals surface area contributed by atoms with Crippen molar-refractivity contribution < 1.29 is 9.18 Å². The lowest BCUT2D eigenvalue weighted by Gasteiger charge is -2.35. The monoisotopic (exact) mass is 250 g/mol. The van der Waals surface area contributed by atoms with Crippen LogP contribution < -0.4 is 11.1 Å². The van der Waals surface area contributed by atoms with Crippen molar-refractivity contribution in [3.63, 3.8) is 0 Å². The van der Waals surface area contributed by atoms with Gasteiger partial charge < -0.3 is 11.1 Å². The van der Waals surface area contributed by atoms with Crippen LogP contribution in [0.2, 0.25) is 0 Å². The molecule has 1 aromatic rings. The highest BCUT2D eigenvalue weighted by Crippen LogP contribution is 2.31. The van der Waals surface area contributed by atoms with Crippen molar-refractivity contribution in [2.75, 3.05) is 5.32 Å². The Kier molecular flexibility index (Phi) is 3.66. The van der Waals surface area contributed by atoms with Gasteiger partial charge in [0.1, 0.15) is 5.82 Å². The predicted octanol–water partition coefficient (Wildman–Crippen LogP) is 2.67. The number of benzene rings is 1. The second-order valence-corrected chi connectivity index (χ2v) is 5.32. The number of anilines is 1. The summed E-state index contributed by atoms with van der Waals surface area (Å²) in [4.78, 5) is 12.2. The predicted molar refractivity (Wildman–Crippen MR) is 69.6 cm³/mol. The molecule has 1 fully saturated rings. The van der Waals surface area contributed by atoms with Crippen LogP contribution in [-0.4, -0.2) is 11.4 Å². The maximum absolute atomic E-state index is 12.8. The molecule has 1 amide bonds. The van der Waals surface area contributed by atoms with Gasteiger partial charge >= 0.3 is 0 Å². The summed E-state index contributed by atoms with van der Waals surface area (Å²) in [6.45, 7) is 2.12. The van der Waals surface area contributed by atoms with Crippen molar-refractivity contribution in [1.29, 1.82) is 0 Å². The lowest BCUT2D eigenvalue weighted by atomic mass is 9.76. The third-order valence-electron chi connectivity index (χ3n) is 3.59. The summed E-state index contributed by atoms with van der Waals surface area (Å²) in [6, 6.07) is 5.73. The van der Waals surface area contributed by atoms with Gasteiger partial charge in [-0.05, 0) is 43.0 Å². The molecule has 2 rings (SSSR count). The van der Waals surface area contributed by atoms with Gasteiger partial charge in [-0.15, -0.1) is 0 Å². The number of amides is 1. The van der Waals surface area contributed by atoms with Crippen molar-refractivity contribution in [3.8, 4) is 0 Å². The van der Waals surface area contributed by atoms with Crippen LogP contribution in [-0.2, 0) is 4.79 Å². The fraction of sp³-hybridized carbons (Fsp3) is 0.500. The van der Waals surface area contributed by atoms with Gasteiger partial charge in [-0.2, -0.15) is 0 Å². The van der Waals surface area contributed by atoms with Crippen LogP contribution in [0.4, 0.5) is 10.1 Å². The molecule has 0 saturated heterocycles. The maximum Gasteiger partial charge on any atom is 0.244 e. The van der Waals surface area contributed by atoms with E-state index in [9.17, 15) is 9.18 Å². The van der Waals surface area contributed by atoms with Gasteiger partial charge in [0.15, 0.2) is 0 Å². The Morgan fingerprint density at radius 1 is 1.44 bits per heavy atom. The van der Waals surface area contributed by atoms with E-state index in [1.54, 1.807) is 12.1 Å². The minimum Gasteiger partial charge on any atom is -0.324 e. The zero-order chi connectivity index (χ0) is 13.2. The summed E-state index contributed by atoms with van der Waals surface area (Å²) in [6.07, 6.45) is 3.53. The zero-order valence-electron chi connectivity index (χ0n) is 10.6. The van der Waals surface area contributed by atoms with Crippen LogP contribution in [0.25, 0.3) is 0 Å². The van der Waals surface area contributed by atoms with E-state index in [0.29, 0.717) is 24.4 Å². The molecule has 2 unspecified atom stereocenters. The van der Waals surface area contributed by atoms with Gasteiger partial charge in [0, 0.05) is 5.69 Å². The number of nitrogens with two attached hydrogens (primary N) is 1. The third kappa shape index (κ3) is 2.88. The first-order valence-electron chi connectivity index (χ1n) is 6.35. The lowest BCUT2D eigenvalue weighted by molar-refractivity contribution is -0.122. The number of carbonyl (C=O) groups excluding carboxylic acids is 1. The smallest absolute Gasteiger partial charge is 0.244 e. The first-order valence-corrected chi connectivity index (χ1v) is 6.35. The van der Waals surface area contributed by atoms with E-state index < -0.39 is 5.54 Å². The van der Waals surface area contributed by atoms with E-state index in [1.807, 2.05) is 0 Å². The van der Waals surface area contributed by atoms with Crippen LogP contribution >= 0.6 is 0 Å². The number of nitrogens with one attached hydrogen (secondary N) is 1. The molecule has 1 aliphatic rings. The van der Waals surface area contributed by atoms with Crippen molar-refractivity contribution in [1.82, 2.24) is 0 Å². The minimum atomic E-state index is -0.786. The first-order chi connectivity index (χ1) is 8.49. The van der Waals surface area contributed by atoms with Gasteiger partial charge in [0.25, 0.3) is 0 Å². The molecule has 1 aromatic carbocycles. The van der Waals surface area contributed by atoms with Gasteiger partial charge in [-0.3, -0.25) is 4.79 Å². The Morgan fingerprint density at radius 3 is 2.72 bits per heavy atom. The summed E-state index contributed by atoms with van der Waals surface area (Å²) in [5.74, 6) is -0.00914. The Hall–Kier alpha value is -1.42. The number of hydrogen-bond acceptors (Lipinski definition) is 2. The highest BCUT2D eigenvalue weighted by Gasteiger charge is 2.37. The zero-order valence-corrected chi connectivity index (χ0v) is 10.6. The Balaban J connectivity index is 2.04. The van der Waals surface area contributed by atoms with E-state index in [2.05, 4.69) is 12.2 Å². The molecule has 0 radical (unpaired) electrons. The van der Waals surface area contributed by atoms with Crippen molar-refractivity contribution in [2.45, 2.75) is 38.1 Å². The van der Waals surface area contributed by atoms with Gasteiger partial charge in [-0.25, -0.2) is 4.39 Å². The molecule has 4 heteroatoms. The molecule has 18 heavy (non-hydrogen) atoms. The SMILES string of the molecule is CC1CCCC(N)(C(=O)Nc2ccc(F)cc2)C1. The van der Waals surface area contributed by atoms with Crippen LogP contribution in [0.5, 0.6) is 0 Å². The van der Waals surface area contributed by atoms with E-state index in [4.69, 9.17) is 5.73 Å². The molecule has 3 nitrogen and oxygen atoms in total. The number of carbonyl (C=O) groups is 1. The molecular formula is C14H19FN2O. The molecule has 0 aromatic heterocycles. The summed E-state index contributed by atoms with van der Waals surface area (Å²) in [5, 5.41) is 2.77. The summed E-state index contributed by atoms with van der Waals surface area (Å²) < 4.78 is 12.8. The van der Waals surface area contributed by atoms with E-state index in [0.717, 1.165) is 12.8 Å². The number of hydrogen-bond donors (Lipinski definition) is 2. The van der Waals surface area contributed by atoms with Crippen LogP contribution in [0.3, 0.4) is 0 Å². The lowest BCUT2D eigenvalue weighted by Crippen LogP contribution is -2.53. The quantitative estimate of drug-likeness (QED) is 0.847. The molecule has 0 heterocycles. The molecule has 1 saturated carbocycles. The Bertz CT molecular complexity index is 432. The molecule has 0 spiro atoms. The third-order valence-corrected chi connectivity index (χ3v) is 3.59. The molecule has 98 valence electrons. The largest absolute Gasteiger partial charge is 0.324 e. The minimum absolute atomic E-state index is 0.166. The topological polar surface area (TPSA) is 55.1 Å². The number of halogens is 1. The fourth-order valence-electron chi connectivity index (χ4n) is 2.59. The van der Waals surface area contributed by atoms with Crippen molar-refractivity contribution in [3.05, 3.63) is 30.1 Å². The van der Waals surface area contributed by atoms with Crippen LogP contribution in [0.1, 0.15) is 32.6 Å². The standard InChI is InChI=1S/C14H19FN2O/c1-10-3-2-8-14(16,9-10)13(18)17-12-6-4-11(15)5-7-12/h4-7,10H,2-3,8-9,16H2,1H3,(H,17,18). The summed E-state index contributed by atoms with van der Waals surface area (Å²) in [7, 11) is 0. The molecule has 0 bridgehead atoms. The van der Waals surface area contributed by atoms with Crippen molar-refractivity contribution >= 4 is 11.6 Å². The average Bonchev–Trinajstić information content (AvgIpc) is 2.32. The van der Waals surface area contributed by atoms with Crippen molar-refractivity contribution in [2.24, 2.45) is 11.7 Å². The highest BCUT2D eigenvalue weighted by atomic mass is 19.1. The van der Waals surface area contributed by atoms with E-state index in [-0.39, 0.29) is 11.7 Å². The molecule has 2 atom stereocenters. The molecule has 0 aliphatic heterocycles. The summed E-state index contributed by atoms with van der Waals surface area (Å²) >= 11 is 0. The van der Waals surface area contributed by atoms with E-state index >= 15 is 0 Å². The first kappa shape index (κ1) is 13.0. The normalized spacial score (nSPS) is 27.8. The number of rotatable bonds is 2. The van der Waals surface area contributed by atoms with E-state index in [1.165, 1.54) is 12.1 Å². The van der Waals surface area contributed by atoms with Gasteiger partial charge in [0.2, 0.25) is 5.91 Å². The van der Waals surface area contributed by atoms with Crippen LogP contribution in [0, 0.1) is 11.7 Å². The second kappa shape index (κ2) is 5.06. The molecule has 1 aliphatic carbocycles. The van der Waals surface area contributed by atoms with Gasteiger partial charge in [-0.1, -0.05) is 19.8 Å². The second-order valence-electron chi connectivity index (χ2n) is 5.32.